The largest absolute Gasteiger partial charge is 0.373 e. The first-order valence-corrected chi connectivity index (χ1v) is 5.02. The molecule has 0 amide bonds. The maximum absolute atomic E-state index is 10.1. The van der Waals surface area contributed by atoms with Gasteiger partial charge in [-0.15, -0.1) is 0 Å². The molecular weight excluding hydrogens is 204 g/mol. The zero-order valence-corrected chi connectivity index (χ0v) is 8.85. The molecule has 1 aromatic rings. The van der Waals surface area contributed by atoms with Crippen LogP contribution in [0.25, 0.3) is 0 Å². The number of carbonyl (C=O) groups excluding carboxylic acids is 1. The third-order valence-electron chi connectivity index (χ3n) is 2.45. The topological polar surface area (TPSA) is 41.9 Å². The van der Waals surface area contributed by atoms with Crippen molar-refractivity contribution in [3.05, 3.63) is 36.5 Å². The van der Waals surface area contributed by atoms with Crippen LogP contribution in [-0.2, 0) is 9.53 Å². The van der Waals surface area contributed by atoms with Crippen molar-refractivity contribution in [3.8, 4) is 0 Å². The van der Waals surface area contributed by atoms with Crippen LogP contribution in [0.1, 0.15) is 0 Å². The van der Waals surface area contributed by atoms with E-state index < -0.39 is 0 Å². The van der Waals surface area contributed by atoms with Crippen LogP contribution < -0.4 is 4.90 Å². The molecule has 0 bridgehead atoms. The van der Waals surface area contributed by atoms with E-state index in [1.54, 1.807) is 12.1 Å². The molecule has 1 fully saturated rings. The molecule has 2 rings (SSSR count). The summed E-state index contributed by atoms with van der Waals surface area (Å²) in [6.45, 7) is 6.01. The number of isocyanates is 1. The second-order valence-corrected chi connectivity index (χ2v) is 3.49. The lowest BCUT2D eigenvalue weighted by atomic mass is 10.2. The van der Waals surface area contributed by atoms with Crippen LogP contribution in [0, 0.1) is 0 Å². The highest BCUT2D eigenvalue weighted by atomic mass is 16.5. The quantitative estimate of drug-likeness (QED) is 0.561. The van der Waals surface area contributed by atoms with Gasteiger partial charge in [0.05, 0.1) is 18.9 Å². The molecule has 1 aromatic carbocycles. The van der Waals surface area contributed by atoms with E-state index >= 15 is 0 Å². The molecule has 1 aliphatic heterocycles. The number of anilines is 1. The predicted molar refractivity (Wildman–Crippen MR) is 61.5 cm³/mol. The van der Waals surface area contributed by atoms with Crippen LogP contribution in [0.15, 0.2) is 41.5 Å². The van der Waals surface area contributed by atoms with Gasteiger partial charge in [-0.25, -0.2) is 4.79 Å². The van der Waals surface area contributed by atoms with E-state index in [9.17, 15) is 4.79 Å². The van der Waals surface area contributed by atoms with Crippen LogP contribution in [0.4, 0.5) is 11.4 Å². The summed E-state index contributed by atoms with van der Waals surface area (Å²) in [4.78, 5) is 15.7. The van der Waals surface area contributed by atoms with Gasteiger partial charge in [0.2, 0.25) is 6.08 Å². The zero-order chi connectivity index (χ0) is 11.4. The number of nitrogens with zero attached hydrogens (tertiary/aromatic N) is 2. The van der Waals surface area contributed by atoms with Gasteiger partial charge in [-0.1, -0.05) is 6.58 Å². The van der Waals surface area contributed by atoms with Gasteiger partial charge in [-0.3, -0.25) is 0 Å². The van der Waals surface area contributed by atoms with E-state index in [1.807, 2.05) is 12.1 Å². The predicted octanol–water partition coefficient (Wildman–Crippen LogP) is 2.00. The number of hydrogen-bond acceptors (Lipinski definition) is 4. The fourth-order valence-corrected chi connectivity index (χ4v) is 1.65. The van der Waals surface area contributed by atoms with Crippen molar-refractivity contribution >= 4 is 17.5 Å². The molecule has 0 unspecified atom stereocenters. The molecule has 0 atom stereocenters. The Morgan fingerprint density at radius 1 is 1.38 bits per heavy atom. The third-order valence-corrected chi connectivity index (χ3v) is 2.45. The van der Waals surface area contributed by atoms with Gasteiger partial charge in [0, 0.05) is 17.9 Å². The number of ether oxygens (including phenoxy) is 1. The number of benzene rings is 1. The summed E-state index contributed by atoms with van der Waals surface area (Å²) in [5.74, 6) is 0. The smallest absolute Gasteiger partial charge is 0.240 e. The lowest BCUT2D eigenvalue weighted by Crippen LogP contribution is -2.33. The van der Waals surface area contributed by atoms with Gasteiger partial charge in [-0.05, 0) is 24.3 Å². The number of hydrogen-bond donors (Lipinski definition) is 0. The molecule has 1 heterocycles. The molecule has 16 heavy (non-hydrogen) atoms. The van der Waals surface area contributed by atoms with Gasteiger partial charge in [0.25, 0.3) is 0 Å². The van der Waals surface area contributed by atoms with E-state index in [4.69, 9.17) is 4.74 Å². The average molecular weight is 216 g/mol. The van der Waals surface area contributed by atoms with Crippen LogP contribution in [0.5, 0.6) is 0 Å². The molecule has 0 spiro atoms. The fourth-order valence-electron chi connectivity index (χ4n) is 1.65. The van der Waals surface area contributed by atoms with E-state index in [-0.39, 0.29) is 0 Å². The summed E-state index contributed by atoms with van der Waals surface area (Å²) in [5.41, 5.74) is 2.59. The SMILES string of the molecule is C=C1COCCN1c1ccc(N=C=O)cc1. The first-order chi connectivity index (χ1) is 7.81. The third kappa shape index (κ3) is 2.19. The molecule has 82 valence electrons. The van der Waals surface area contributed by atoms with Crippen LogP contribution >= 0.6 is 0 Å². The minimum Gasteiger partial charge on any atom is -0.373 e. The van der Waals surface area contributed by atoms with Gasteiger partial charge >= 0.3 is 0 Å². The Balaban J connectivity index is 2.20. The van der Waals surface area contributed by atoms with Gasteiger partial charge in [0.15, 0.2) is 0 Å². The molecule has 0 aliphatic carbocycles. The minimum atomic E-state index is 0.564. The highest BCUT2D eigenvalue weighted by Crippen LogP contribution is 2.23. The summed E-state index contributed by atoms with van der Waals surface area (Å²) in [7, 11) is 0. The van der Waals surface area contributed by atoms with Crippen molar-refractivity contribution in [1.82, 2.24) is 0 Å². The molecule has 4 heteroatoms. The number of rotatable bonds is 2. The Labute approximate surface area is 93.9 Å². The van der Waals surface area contributed by atoms with E-state index in [0.717, 1.165) is 17.9 Å². The molecular formula is C12H12N2O2. The standard InChI is InChI=1S/C12H12N2O2/c1-10-8-16-7-6-14(10)12-4-2-11(3-5-12)13-9-15/h2-5H,1,6-8H2. The van der Waals surface area contributed by atoms with Crippen LogP contribution in [0.3, 0.4) is 0 Å². The molecule has 4 nitrogen and oxygen atoms in total. The number of morpholine rings is 1. The Morgan fingerprint density at radius 3 is 2.75 bits per heavy atom. The first-order valence-electron chi connectivity index (χ1n) is 5.02. The lowest BCUT2D eigenvalue weighted by molar-refractivity contribution is 0.143. The summed E-state index contributed by atoms with van der Waals surface area (Å²) >= 11 is 0. The highest BCUT2D eigenvalue weighted by Gasteiger charge is 2.14. The Hall–Kier alpha value is -1.90. The summed E-state index contributed by atoms with van der Waals surface area (Å²) in [6.07, 6.45) is 1.52. The Kier molecular flexibility index (Phi) is 3.15. The van der Waals surface area contributed by atoms with Crippen molar-refractivity contribution in [3.63, 3.8) is 0 Å². The molecule has 0 N–H and O–H groups in total. The van der Waals surface area contributed by atoms with Crippen molar-refractivity contribution in [2.75, 3.05) is 24.7 Å². The van der Waals surface area contributed by atoms with Gasteiger partial charge in [0.1, 0.15) is 0 Å². The van der Waals surface area contributed by atoms with Crippen LogP contribution in [-0.4, -0.2) is 25.8 Å². The molecule has 0 aromatic heterocycles. The maximum atomic E-state index is 10.1. The highest BCUT2D eigenvalue weighted by molar-refractivity contribution is 5.58. The molecule has 1 aliphatic rings. The Bertz CT molecular complexity index is 433. The molecule has 1 saturated heterocycles. The van der Waals surface area contributed by atoms with Crippen molar-refractivity contribution in [2.24, 2.45) is 4.99 Å². The molecule has 0 saturated carbocycles. The van der Waals surface area contributed by atoms with Crippen molar-refractivity contribution in [2.45, 2.75) is 0 Å². The van der Waals surface area contributed by atoms with Crippen LogP contribution in [0.2, 0.25) is 0 Å². The second kappa shape index (κ2) is 4.75. The van der Waals surface area contributed by atoms with E-state index in [0.29, 0.717) is 18.9 Å². The lowest BCUT2D eigenvalue weighted by Gasteiger charge is -2.30. The van der Waals surface area contributed by atoms with Gasteiger partial charge < -0.3 is 9.64 Å². The van der Waals surface area contributed by atoms with E-state index in [1.165, 1.54) is 6.08 Å². The van der Waals surface area contributed by atoms with E-state index in [2.05, 4.69) is 16.5 Å². The molecule has 0 radical (unpaired) electrons. The minimum absolute atomic E-state index is 0.564. The Morgan fingerprint density at radius 2 is 2.12 bits per heavy atom. The first kappa shape index (κ1) is 10.6. The second-order valence-electron chi connectivity index (χ2n) is 3.49. The van der Waals surface area contributed by atoms with Crippen molar-refractivity contribution < 1.29 is 9.53 Å². The fraction of sp³-hybridized carbons (Fsp3) is 0.250. The summed E-state index contributed by atoms with van der Waals surface area (Å²) < 4.78 is 5.28. The monoisotopic (exact) mass is 216 g/mol. The number of aliphatic imine (C=N–C) groups is 1. The normalized spacial score (nSPS) is 15.8. The maximum Gasteiger partial charge on any atom is 0.240 e. The van der Waals surface area contributed by atoms with Crippen molar-refractivity contribution in [1.29, 1.82) is 0 Å². The summed E-state index contributed by atoms with van der Waals surface area (Å²) in [6, 6.07) is 7.38. The zero-order valence-electron chi connectivity index (χ0n) is 8.85. The average Bonchev–Trinajstić information content (AvgIpc) is 2.31. The summed E-state index contributed by atoms with van der Waals surface area (Å²) in [5, 5.41) is 0. The van der Waals surface area contributed by atoms with Gasteiger partial charge in [-0.2, -0.15) is 4.99 Å².